The number of fused-ring (bicyclic) bond motifs is 1. The van der Waals surface area contributed by atoms with Gasteiger partial charge in [-0.05, 0) is 12.8 Å². The van der Waals surface area contributed by atoms with Gasteiger partial charge in [-0.25, -0.2) is 9.66 Å². The fourth-order valence-corrected chi connectivity index (χ4v) is 1.73. The van der Waals surface area contributed by atoms with E-state index in [9.17, 15) is 0 Å². The molecule has 0 fully saturated rings. The van der Waals surface area contributed by atoms with Crippen LogP contribution in [0.15, 0.2) is 6.20 Å². The molecule has 0 bridgehead atoms. The molecule has 1 aliphatic heterocycles. The lowest BCUT2D eigenvalue weighted by molar-refractivity contribution is 0.505. The summed E-state index contributed by atoms with van der Waals surface area (Å²) in [5, 5.41) is 0. The molecule has 3 heteroatoms. The Labute approximate surface area is 79.1 Å². The lowest BCUT2D eigenvalue weighted by atomic mass is 9.96. The number of rotatable bonds is 0. The van der Waals surface area contributed by atoms with E-state index >= 15 is 0 Å². The van der Waals surface area contributed by atoms with Crippen molar-refractivity contribution in [1.29, 1.82) is 0 Å². The summed E-state index contributed by atoms with van der Waals surface area (Å²) in [7, 11) is 0. The largest absolute Gasteiger partial charge is 0.324 e. The van der Waals surface area contributed by atoms with Crippen molar-refractivity contribution in [2.45, 2.75) is 39.0 Å². The molecule has 0 amide bonds. The second kappa shape index (κ2) is 2.76. The standard InChI is InChI=1S/C10H17N3/c1-10(2,3)9-11-7-8-5-4-6-12-13(8)9/h7,12H,4-6H2,1-3H3. The SMILES string of the molecule is CC(C)(C)c1ncc2n1NCCC2. The first-order valence-corrected chi connectivity index (χ1v) is 4.90. The highest BCUT2D eigenvalue weighted by Gasteiger charge is 2.23. The summed E-state index contributed by atoms with van der Waals surface area (Å²) >= 11 is 0. The average Bonchev–Trinajstić information content (AvgIpc) is 2.45. The van der Waals surface area contributed by atoms with Gasteiger partial charge >= 0.3 is 0 Å². The van der Waals surface area contributed by atoms with E-state index in [1.807, 2.05) is 6.20 Å². The van der Waals surface area contributed by atoms with Crippen LogP contribution in [0, 0.1) is 0 Å². The molecule has 3 nitrogen and oxygen atoms in total. The Kier molecular flexibility index (Phi) is 1.82. The predicted octanol–water partition coefficient (Wildman–Crippen LogP) is 1.67. The zero-order chi connectivity index (χ0) is 9.47. The minimum absolute atomic E-state index is 0.128. The summed E-state index contributed by atoms with van der Waals surface area (Å²) in [5.41, 5.74) is 4.82. The second-order valence-electron chi connectivity index (χ2n) is 4.67. The number of nitrogens with one attached hydrogen (secondary N) is 1. The Bertz CT molecular complexity index is 306. The van der Waals surface area contributed by atoms with Crippen LogP contribution in [0.25, 0.3) is 0 Å². The van der Waals surface area contributed by atoms with Gasteiger partial charge in [-0.1, -0.05) is 20.8 Å². The van der Waals surface area contributed by atoms with E-state index < -0.39 is 0 Å². The Balaban J connectivity index is 2.43. The molecule has 0 atom stereocenters. The molecule has 2 rings (SSSR count). The Morgan fingerprint density at radius 2 is 2.23 bits per heavy atom. The van der Waals surface area contributed by atoms with Crippen LogP contribution in [0.2, 0.25) is 0 Å². The molecule has 0 saturated heterocycles. The van der Waals surface area contributed by atoms with E-state index in [2.05, 4.69) is 35.9 Å². The van der Waals surface area contributed by atoms with E-state index in [4.69, 9.17) is 0 Å². The van der Waals surface area contributed by atoms with Crippen molar-refractivity contribution in [3.63, 3.8) is 0 Å². The number of hydrogen-bond donors (Lipinski definition) is 1. The van der Waals surface area contributed by atoms with Gasteiger partial charge in [0.1, 0.15) is 5.82 Å². The van der Waals surface area contributed by atoms with E-state index in [0.29, 0.717) is 0 Å². The number of hydrogen-bond acceptors (Lipinski definition) is 2. The molecule has 1 aromatic heterocycles. The number of aryl methyl sites for hydroxylation is 1. The van der Waals surface area contributed by atoms with Gasteiger partial charge in [0, 0.05) is 12.0 Å². The van der Waals surface area contributed by atoms with Gasteiger partial charge in [-0.2, -0.15) is 0 Å². The van der Waals surface area contributed by atoms with E-state index in [-0.39, 0.29) is 5.41 Å². The lowest BCUT2D eigenvalue weighted by Gasteiger charge is -2.24. The quantitative estimate of drug-likeness (QED) is 0.656. The highest BCUT2D eigenvalue weighted by Crippen LogP contribution is 2.22. The molecule has 13 heavy (non-hydrogen) atoms. The molecule has 1 aromatic rings. The second-order valence-corrected chi connectivity index (χ2v) is 4.67. The number of aromatic nitrogens is 2. The zero-order valence-corrected chi connectivity index (χ0v) is 8.59. The van der Waals surface area contributed by atoms with Crippen molar-refractivity contribution >= 4 is 0 Å². The summed E-state index contributed by atoms with van der Waals surface area (Å²) in [6, 6.07) is 0. The number of nitrogens with zero attached hydrogens (tertiary/aromatic N) is 2. The smallest absolute Gasteiger partial charge is 0.132 e. The molecule has 72 valence electrons. The van der Waals surface area contributed by atoms with Gasteiger partial charge in [0.25, 0.3) is 0 Å². The van der Waals surface area contributed by atoms with Crippen LogP contribution in [0.1, 0.15) is 38.7 Å². The summed E-state index contributed by atoms with van der Waals surface area (Å²) in [6.45, 7) is 7.64. The molecule has 2 heterocycles. The average molecular weight is 179 g/mol. The third-order valence-electron chi connectivity index (χ3n) is 2.39. The zero-order valence-electron chi connectivity index (χ0n) is 8.59. The van der Waals surface area contributed by atoms with Crippen molar-refractivity contribution in [2.24, 2.45) is 0 Å². The summed E-state index contributed by atoms with van der Waals surface area (Å²) in [5.74, 6) is 1.14. The molecular weight excluding hydrogens is 162 g/mol. The van der Waals surface area contributed by atoms with Gasteiger partial charge < -0.3 is 5.43 Å². The van der Waals surface area contributed by atoms with E-state index in [1.54, 1.807) is 0 Å². The normalized spacial score (nSPS) is 16.5. The lowest BCUT2D eigenvalue weighted by Crippen LogP contribution is -2.30. The fraction of sp³-hybridized carbons (Fsp3) is 0.700. The third-order valence-corrected chi connectivity index (χ3v) is 2.39. The molecule has 1 N–H and O–H groups in total. The Morgan fingerprint density at radius 1 is 1.46 bits per heavy atom. The maximum Gasteiger partial charge on any atom is 0.132 e. The van der Waals surface area contributed by atoms with Crippen LogP contribution in [0.3, 0.4) is 0 Å². The van der Waals surface area contributed by atoms with Crippen molar-refractivity contribution in [3.8, 4) is 0 Å². The predicted molar refractivity (Wildman–Crippen MR) is 53.5 cm³/mol. The van der Waals surface area contributed by atoms with E-state index in [0.717, 1.165) is 18.8 Å². The van der Waals surface area contributed by atoms with Gasteiger partial charge in [0.15, 0.2) is 0 Å². The van der Waals surface area contributed by atoms with E-state index in [1.165, 1.54) is 12.1 Å². The van der Waals surface area contributed by atoms with Gasteiger partial charge in [0.05, 0.1) is 11.9 Å². The summed E-state index contributed by atoms with van der Waals surface area (Å²) in [4.78, 5) is 4.47. The van der Waals surface area contributed by atoms with Crippen LogP contribution < -0.4 is 5.43 Å². The minimum Gasteiger partial charge on any atom is -0.324 e. The topological polar surface area (TPSA) is 29.9 Å². The van der Waals surface area contributed by atoms with Crippen LogP contribution in [0.4, 0.5) is 0 Å². The monoisotopic (exact) mass is 179 g/mol. The van der Waals surface area contributed by atoms with Crippen LogP contribution in [-0.4, -0.2) is 16.2 Å². The molecule has 0 saturated carbocycles. The first kappa shape index (κ1) is 8.60. The summed E-state index contributed by atoms with van der Waals surface area (Å²) in [6.07, 6.45) is 4.36. The van der Waals surface area contributed by atoms with Gasteiger partial charge in [-0.3, -0.25) is 0 Å². The fourth-order valence-electron chi connectivity index (χ4n) is 1.73. The molecule has 0 aromatic carbocycles. The third kappa shape index (κ3) is 1.43. The van der Waals surface area contributed by atoms with Crippen LogP contribution in [0.5, 0.6) is 0 Å². The van der Waals surface area contributed by atoms with Gasteiger partial charge in [-0.15, -0.1) is 0 Å². The molecule has 0 radical (unpaired) electrons. The maximum atomic E-state index is 4.47. The van der Waals surface area contributed by atoms with Crippen molar-refractivity contribution < 1.29 is 0 Å². The van der Waals surface area contributed by atoms with Crippen molar-refractivity contribution in [1.82, 2.24) is 9.66 Å². The molecule has 1 aliphatic rings. The highest BCUT2D eigenvalue weighted by atomic mass is 15.4. The van der Waals surface area contributed by atoms with Crippen molar-refractivity contribution in [3.05, 3.63) is 17.7 Å². The highest BCUT2D eigenvalue weighted by molar-refractivity contribution is 5.16. The molecule has 0 spiro atoms. The Hall–Kier alpha value is -0.990. The van der Waals surface area contributed by atoms with Crippen LogP contribution in [-0.2, 0) is 11.8 Å². The maximum absolute atomic E-state index is 4.47. The minimum atomic E-state index is 0.128. The number of imidazole rings is 1. The first-order chi connectivity index (χ1) is 6.09. The first-order valence-electron chi connectivity index (χ1n) is 4.90. The molecule has 0 unspecified atom stereocenters. The Morgan fingerprint density at radius 3 is 2.92 bits per heavy atom. The van der Waals surface area contributed by atoms with Crippen molar-refractivity contribution in [2.75, 3.05) is 12.0 Å². The van der Waals surface area contributed by atoms with Gasteiger partial charge in [0.2, 0.25) is 0 Å². The summed E-state index contributed by atoms with van der Waals surface area (Å²) < 4.78 is 2.16. The molecular formula is C10H17N3. The molecule has 0 aliphatic carbocycles. The van der Waals surface area contributed by atoms with Crippen LogP contribution >= 0.6 is 0 Å².